The Kier molecular flexibility index (Phi) is 22.8. The summed E-state index contributed by atoms with van der Waals surface area (Å²) in [5, 5.41) is 0. The third-order valence-corrected chi connectivity index (χ3v) is 6.37. The van der Waals surface area contributed by atoms with E-state index in [1.54, 1.807) is 49.6 Å². The van der Waals surface area contributed by atoms with E-state index in [9.17, 15) is 0 Å². The Morgan fingerprint density at radius 3 is 0.385 bits per heavy atom. The molecule has 8 aromatic rings. The topological polar surface area (TPSA) is 103 Å². The Morgan fingerprint density at radius 2 is 0.308 bits per heavy atom. The van der Waals surface area contributed by atoms with E-state index in [0.29, 0.717) is 0 Å². The molecule has 0 saturated heterocycles. The molecule has 0 saturated carbocycles. The number of nitrogens with zero attached hydrogens (tertiary/aromatic N) is 8. The zero-order valence-electron chi connectivity index (χ0n) is 27.5. The molecule has 261 valence electrons. The normalized spacial score (nSPS) is 8.92. The zero-order valence-corrected chi connectivity index (χ0v) is 31.5. The van der Waals surface area contributed by atoms with Crippen LogP contribution in [0.1, 0.15) is 0 Å². The quantitative estimate of drug-likeness (QED) is 0.221. The van der Waals surface area contributed by atoms with E-state index in [1.165, 1.54) is 0 Å². The van der Waals surface area contributed by atoms with Gasteiger partial charge < -0.3 is 37.2 Å². The van der Waals surface area contributed by atoms with Crippen LogP contribution in [0.15, 0.2) is 195 Å². The van der Waals surface area contributed by atoms with Gasteiger partial charge in [-0.1, -0.05) is 48.5 Å². The number of halogens is 3. The zero-order chi connectivity index (χ0) is 32.9. The maximum atomic E-state index is 4.19. The Bertz CT molecular complexity index is 1540. The van der Waals surface area contributed by atoms with E-state index in [0.717, 1.165) is 45.6 Å². The van der Waals surface area contributed by atoms with Crippen LogP contribution in [0, 0.1) is 0 Å². The molecule has 0 aromatic carbocycles. The van der Waals surface area contributed by atoms with E-state index in [2.05, 4.69) is 39.9 Å². The van der Waals surface area contributed by atoms with Gasteiger partial charge in [0, 0.05) is 49.6 Å². The molecular formula is C40H32Cl3N8Ru. The van der Waals surface area contributed by atoms with E-state index in [4.69, 9.17) is 0 Å². The largest absolute Gasteiger partial charge is 3.00 e. The van der Waals surface area contributed by atoms with E-state index >= 15 is 0 Å². The number of hydrogen-bond acceptors (Lipinski definition) is 8. The van der Waals surface area contributed by atoms with Crippen LogP contribution in [0.25, 0.3) is 45.6 Å². The van der Waals surface area contributed by atoms with Crippen LogP contribution in [0.2, 0.25) is 0 Å². The Morgan fingerprint density at radius 1 is 0.192 bits per heavy atom. The average molecular weight is 832 g/mol. The van der Waals surface area contributed by atoms with Crippen LogP contribution in [0.5, 0.6) is 0 Å². The minimum absolute atomic E-state index is 0. The summed E-state index contributed by atoms with van der Waals surface area (Å²) in [5.41, 5.74) is 7.32. The number of hydrogen-bond donors (Lipinski definition) is 0. The standard InChI is InChI=1S/4C10H8N2.3ClH.Ru/c4*1-3-7-11-9(5-1)10-6-2-4-8-12-10;;;;/h4*1-8H;3*1H;/q;;;;;;;+3/p-3. The molecule has 0 fully saturated rings. The Labute approximate surface area is 335 Å². The fraction of sp³-hybridized carbons (Fsp3) is 0. The molecule has 0 bridgehead atoms. The smallest absolute Gasteiger partial charge is 1.00 e. The van der Waals surface area contributed by atoms with Crippen molar-refractivity contribution in [1.82, 2.24) is 39.9 Å². The van der Waals surface area contributed by atoms with Gasteiger partial charge in [0.15, 0.2) is 0 Å². The maximum Gasteiger partial charge on any atom is 3.00 e. The Hall–Kier alpha value is -5.31. The first kappa shape index (κ1) is 44.7. The second-order valence-corrected chi connectivity index (χ2v) is 9.72. The Balaban J connectivity index is 0.000000338. The number of aromatic nitrogens is 8. The molecule has 0 aliphatic rings. The first-order chi connectivity index (χ1) is 23.9. The molecule has 0 amide bonds. The number of pyridine rings is 8. The summed E-state index contributed by atoms with van der Waals surface area (Å²) in [6.07, 6.45) is 14.1. The van der Waals surface area contributed by atoms with E-state index in [-0.39, 0.29) is 56.7 Å². The maximum absolute atomic E-state index is 4.19. The van der Waals surface area contributed by atoms with Crippen molar-refractivity contribution in [2.45, 2.75) is 0 Å². The minimum Gasteiger partial charge on any atom is -1.00 e. The van der Waals surface area contributed by atoms with Gasteiger partial charge >= 0.3 is 19.5 Å². The van der Waals surface area contributed by atoms with Crippen molar-refractivity contribution < 1.29 is 56.7 Å². The third kappa shape index (κ3) is 15.3. The fourth-order valence-corrected chi connectivity index (χ4v) is 4.11. The molecule has 0 aliphatic carbocycles. The molecule has 0 unspecified atom stereocenters. The summed E-state index contributed by atoms with van der Waals surface area (Å²) in [7, 11) is 0. The van der Waals surface area contributed by atoms with Crippen LogP contribution < -0.4 is 37.2 Å². The van der Waals surface area contributed by atoms with Crippen molar-refractivity contribution >= 4 is 0 Å². The van der Waals surface area contributed by atoms with Gasteiger partial charge in [0.25, 0.3) is 0 Å². The summed E-state index contributed by atoms with van der Waals surface area (Å²) in [5.74, 6) is 0. The first-order valence-electron chi connectivity index (χ1n) is 15.2. The molecule has 8 rings (SSSR count). The van der Waals surface area contributed by atoms with Crippen molar-refractivity contribution in [3.05, 3.63) is 195 Å². The molecule has 0 atom stereocenters. The summed E-state index contributed by atoms with van der Waals surface area (Å²) in [6.45, 7) is 0. The van der Waals surface area contributed by atoms with Gasteiger partial charge in [-0.15, -0.1) is 0 Å². The fourth-order valence-electron chi connectivity index (χ4n) is 4.11. The predicted molar refractivity (Wildman–Crippen MR) is 190 cm³/mol. The predicted octanol–water partition coefficient (Wildman–Crippen LogP) is -0.416. The van der Waals surface area contributed by atoms with Gasteiger partial charge in [-0.3, -0.25) is 39.9 Å². The molecule has 1 radical (unpaired) electrons. The second kappa shape index (κ2) is 26.5. The summed E-state index contributed by atoms with van der Waals surface area (Å²) >= 11 is 0. The average Bonchev–Trinajstić information content (AvgIpc) is 3.21. The van der Waals surface area contributed by atoms with Crippen molar-refractivity contribution in [1.29, 1.82) is 0 Å². The molecule has 52 heavy (non-hydrogen) atoms. The second-order valence-electron chi connectivity index (χ2n) is 9.72. The van der Waals surface area contributed by atoms with Gasteiger partial charge in [-0.2, -0.15) is 0 Å². The van der Waals surface area contributed by atoms with Crippen LogP contribution in [0.3, 0.4) is 0 Å². The van der Waals surface area contributed by atoms with Gasteiger partial charge in [-0.05, 0) is 97.1 Å². The van der Waals surface area contributed by atoms with Gasteiger partial charge in [0.05, 0.1) is 45.6 Å². The van der Waals surface area contributed by atoms with Crippen molar-refractivity contribution in [2.75, 3.05) is 0 Å². The molecule has 8 heterocycles. The monoisotopic (exact) mass is 831 g/mol. The molecule has 8 nitrogen and oxygen atoms in total. The van der Waals surface area contributed by atoms with Crippen molar-refractivity contribution in [3.8, 4) is 45.6 Å². The molecule has 0 spiro atoms. The molecule has 8 aromatic heterocycles. The first-order valence-corrected chi connectivity index (χ1v) is 15.2. The number of rotatable bonds is 4. The molecular weight excluding hydrogens is 800 g/mol. The molecule has 12 heteroatoms. The molecule has 0 N–H and O–H groups in total. The van der Waals surface area contributed by atoms with E-state index < -0.39 is 0 Å². The SMILES string of the molecule is [Cl-].[Cl-].[Cl-].[Ru+3].c1ccc(-c2ccccn2)nc1.c1ccc(-c2ccccn2)nc1.c1ccc(-c2ccccn2)nc1.c1ccc(-c2ccccn2)nc1. The van der Waals surface area contributed by atoms with Crippen LogP contribution in [-0.4, -0.2) is 39.9 Å². The molecule has 0 aliphatic heterocycles. The van der Waals surface area contributed by atoms with Crippen LogP contribution >= 0.6 is 0 Å². The third-order valence-electron chi connectivity index (χ3n) is 6.37. The van der Waals surface area contributed by atoms with Gasteiger partial charge in [-0.25, -0.2) is 0 Å². The van der Waals surface area contributed by atoms with Crippen LogP contribution in [-0.2, 0) is 19.5 Å². The van der Waals surface area contributed by atoms with Crippen molar-refractivity contribution in [3.63, 3.8) is 0 Å². The summed E-state index contributed by atoms with van der Waals surface area (Å²) in [4.78, 5) is 33.5. The van der Waals surface area contributed by atoms with Crippen molar-refractivity contribution in [2.24, 2.45) is 0 Å². The van der Waals surface area contributed by atoms with E-state index in [1.807, 2.05) is 146 Å². The summed E-state index contributed by atoms with van der Waals surface area (Å²) in [6, 6.07) is 46.4. The van der Waals surface area contributed by atoms with Gasteiger partial charge in [0.2, 0.25) is 0 Å². The summed E-state index contributed by atoms with van der Waals surface area (Å²) < 4.78 is 0. The minimum atomic E-state index is 0. The van der Waals surface area contributed by atoms with Gasteiger partial charge in [0.1, 0.15) is 0 Å². The van der Waals surface area contributed by atoms with Crippen LogP contribution in [0.4, 0.5) is 0 Å².